The topological polar surface area (TPSA) is 69.4 Å². The molecule has 0 aliphatic heterocycles. The van der Waals surface area contributed by atoms with Crippen LogP contribution in [0.4, 0.5) is 14.5 Å². The Bertz CT molecular complexity index is 443. The second-order valence-corrected chi connectivity index (χ2v) is 3.37. The minimum atomic E-state index is -3.14. The molecule has 0 amide bonds. The standard InChI is InChI=1S/C9H6ClF2NO4/c1-4(14)6-2-5(17-9(11)12)3-7(8(6)10)13(15)16/h2-3,9H,1H3. The van der Waals surface area contributed by atoms with Crippen LogP contribution in [0.25, 0.3) is 0 Å². The molecule has 1 aromatic carbocycles. The number of benzene rings is 1. The van der Waals surface area contributed by atoms with Crippen LogP contribution in [0.3, 0.4) is 0 Å². The van der Waals surface area contributed by atoms with Gasteiger partial charge in [0.15, 0.2) is 5.78 Å². The van der Waals surface area contributed by atoms with Gasteiger partial charge in [0.25, 0.3) is 5.69 Å². The van der Waals surface area contributed by atoms with Crippen LogP contribution in [0.1, 0.15) is 17.3 Å². The van der Waals surface area contributed by atoms with E-state index in [1.807, 2.05) is 0 Å². The molecule has 0 aliphatic carbocycles. The van der Waals surface area contributed by atoms with Crippen LogP contribution in [0.5, 0.6) is 5.75 Å². The van der Waals surface area contributed by atoms with Gasteiger partial charge in [0, 0.05) is 5.56 Å². The van der Waals surface area contributed by atoms with Crippen LogP contribution in [0.15, 0.2) is 12.1 Å². The van der Waals surface area contributed by atoms with E-state index in [0.717, 1.165) is 19.1 Å². The van der Waals surface area contributed by atoms with E-state index in [9.17, 15) is 23.7 Å². The number of alkyl halides is 2. The van der Waals surface area contributed by atoms with Crippen molar-refractivity contribution in [3.05, 3.63) is 32.8 Å². The average molecular weight is 266 g/mol. The second-order valence-electron chi connectivity index (χ2n) is 3.00. The van der Waals surface area contributed by atoms with Crippen molar-refractivity contribution in [3.8, 4) is 5.75 Å². The van der Waals surface area contributed by atoms with E-state index in [4.69, 9.17) is 11.6 Å². The monoisotopic (exact) mass is 265 g/mol. The maximum atomic E-state index is 12.0. The van der Waals surface area contributed by atoms with Gasteiger partial charge in [-0.2, -0.15) is 8.78 Å². The Labute approximate surface area is 99.1 Å². The van der Waals surface area contributed by atoms with Crippen molar-refractivity contribution >= 4 is 23.1 Å². The number of halogens is 3. The Hall–Kier alpha value is -1.76. The van der Waals surface area contributed by atoms with Gasteiger partial charge in [-0.15, -0.1) is 0 Å². The fourth-order valence-electron chi connectivity index (χ4n) is 1.14. The van der Waals surface area contributed by atoms with E-state index in [1.54, 1.807) is 0 Å². The largest absolute Gasteiger partial charge is 0.435 e. The lowest BCUT2D eigenvalue weighted by atomic mass is 10.1. The zero-order valence-electron chi connectivity index (χ0n) is 8.45. The molecule has 17 heavy (non-hydrogen) atoms. The van der Waals surface area contributed by atoms with E-state index < -0.39 is 33.8 Å². The lowest BCUT2D eigenvalue weighted by Crippen LogP contribution is -2.05. The predicted octanol–water partition coefficient (Wildman–Crippen LogP) is 3.05. The number of nitrogens with zero attached hydrogens (tertiary/aromatic N) is 1. The fourth-order valence-corrected chi connectivity index (χ4v) is 1.45. The van der Waals surface area contributed by atoms with E-state index in [2.05, 4.69) is 4.74 Å². The molecule has 0 atom stereocenters. The first-order valence-corrected chi connectivity index (χ1v) is 4.64. The molecular formula is C9H6ClF2NO4. The highest BCUT2D eigenvalue weighted by Gasteiger charge is 2.22. The molecule has 0 aromatic heterocycles. The third kappa shape index (κ3) is 3.10. The zero-order chi connectivity index (χ0) is 13.2. The van der Waals surface area contributed by atoms with Crippen molar-refractivity contribution in [2.24, 2.45) is 0 Å². The minimum Gasteiger partial charge on any atom is -0.435 e. The Morgan fingerprint density at radius 2 is 2.12 bits per heavy atom. The van der Waals surface area contributed by atoms with Gasteiger partial charge in [0.05, 0.1) is 11.0 Å². The van der Waals surface area contributed by atoms with Crippen LogP contribution >= 0.6 is 11.6 Å². The molecule has 0 saturated heterocycles. The number of ketones is 1. The third-order valence-electron chi connectivity index (χ3n) is 1.83. The summed E-state index contributed by atoms with van der Waals surface area (Å²) >= 11 is 5.60. The number of ether oxygens (including phenoxy) is 1. The molecule has 1 rings (SSSR count). The summed E-state index contributed by atoms with van der Waals surface area (Å²) in [6, 6.07) is 1.67. The van der Waals surface area contributed by atoms with E-state index in [-0.39, 0.29) is 5.56 Å². The highest BCUT2D eigenvalue weighted by Crippen LogP contribution is 2.33. The Morgan fingerprint density at radius 1 is 1.53 bits per heavy atom. The van der Waals surface area contributed by atoms with Gasteiger partial charge >= 0.3 is 6.61 Å². The average Bonchev–Trinajstić information content (AvgIpc) is 2.18. The van der Waals surface area contributed by atoms with Gasteiger partial charge in [-0.05, 0) is 13.0 Å². The van der Waals surface area contributed by atoms with Crippen molar-refractivity contribution in [1.29, 1.82) is 0 Å². The van der Waals surface area contributed by atoms with Gasteiger partial charge in [-0.25, -0.2) is 0 Å². The molecule has 0 spiro atoms. The number of hydrogen-bond donors (Lipinski definition) is 0. The van der Waals surface area contributed by atoms with Crippen molar-refractivity contribution in [2.75, 3.05) is 0 Å². The van der Waals surface area contributed by atoms with Gasteiger partial charge < -0.3 is 4.74 Å². The first kappa shape index (κ1) is 13.3. The molecule has 0 bridgehead atoms. The number of nitro groups is 1. The van der Waals surface area contributed by atoms with Gasteiger partial charge in [-0.3, -0.25) is 14.9 Å². The zero-order valence-corrected chi connectivity index (χ0v) is 9.20. The summed E-state index contributed by atoms with van der Waals surface area (Å²) in [6.45, 7) is -2.03. The third-order valence-corrected chi connectivity index (χ3v) is 2.23. The quantitative estimate of drug-likeness (QED) is 0.477. The number of carbonyl (C=O) groups is 1. The normalized spacial score (nSPS) is 10.4. The van der Waals surface area contributed by atoms with E-state index >= 15 is 0 Å². The second kappa shape index (κ2) is 5.05. The SMILES string of the molecule is CC(=O)c1cc(OC(F)F)cc([N+](=O)[O-])c1Cl. The summed E-state index contributed by atoms with van der Waals surface area (Å²) in [6.07, 6.45) is 0. The molecule has 92 valence electrons. The molecule has 0 saturated carbocycles. The van der Waals surface area contributed by atoms with Crippen LogP contribution in [-0.2, 0) is 0 Å². The maximum absolute atomic E-state index is 12.0. The van der Waals surface area contributed by atoms with Gasteiger partial charge in [0.1, 0.15) is 10.8 Å². The molecule has 0 N–H and O–H groups in total. The summed E-state index contributed by atoms with van der Waals surface area (Å²) in [5.41, 5.74) is -0.897. The van der Waals surface area contributed by atoms with E-state index in [1.165, 1.54) is 0 Å². The first-order chi connectivity index (χ1) is 7.82. The van der Waals surface area contributed by atoms with Crippen LogP contribution in [0, 0.1) is 10.1 Å². The van der Waals surface area contributed by atoms with Crippen molar-refractivity contribution < 1.29 is 23.2 Å². The lowest BCUT2D eigenvalue weighted by Gasteiger charge is -2.07. The smallest absolute Gasteiger partial charge is 0.387 e. The molecule has 5 nitrogen and oxygen atoms in total. The molecular weight excluding hydrogens is 260 g/mol. The number of nitro benzene ring substituents is 1. The number of Topliss-reactive ketones (excluding diaryl/α,β-unsaturated/α-hetero) is 1. The maximum Gasteiger partial charge on any atom is 0.387 e. The van der Waals surface area contributed by atoms with Crippen LogP contribution in [-0.4, -0.2) is 17.3 Å². The Balaban J connectivity index is 3.36. The summed E-state index contributed by atoms with van der Waals surface area (Å²) in [4.78, 5) is 20.8. The minimum absolute atomic E-state index is 0.239. The molecule has 0 radical (unpaired) electrons. The molecule has 1 aromatic rings. The first-order valence-electron chi connectivity index (χ1n) is 4.26. The summed E-state index contributed by atoms with van der Waals surface area (Å²) in [5.74, 6) is -1.07. The summed E-state index contributed by atoms with van der Waals surface area (Å²) in [5, 5.41) is 10.2. The van der Waals surface area contributed by atoms with Crippen molar-refractivity contribution in [3.63, 3.8) is 0 Å². The Kier molecular flexibility index (Phi) is 3.95. The van der Waals surface area contributed by atoms with Crippen LogP contribution < -0.4 is 4.74 Å². The highest BCUT2D eigenvalue weighted by molar-refractivity contribution is 6.36. The van der Waals surface area contributed by atoms with Crippen molar-refractivity contribution in [2.45, 2.75) is 13.5 Å². The molecule has 8 heteroatoms. The van der Waals surface area contributed by atoms with Crippen LogP contribution in [0.2, 0.25) is 5.02 Å². The van der Waals surface area contributed by atoms with Crippen molar-refractivity contribution in [1.82, 2.24) is 0 Å². The van der Waals surface area contributed by atoms with E-state index in [0.29, 0.717) is 0 Å². The number of carbonyl (C=O) groups excluding carboxylic acids is 1. The molecule has 0 fully saturated rings. The highest BCUT2D eigenvalue weighted by atomic mass is 35.5. The Morgan fingerprint density at radius 3 is 2.53 bits per heavy atom. The molecule has 0 unspecified atom stereocenters. The predicted molar refractivity (Wildman–Crippen MR) is 54.7 cm³/mol. The van der Waals surface area contributed by atoms with Gasteiger partial charge in [0.2, 0.25) is 0 Å². The lowest BCUT2D eigenvalue weighted by molar-refractivity contribution is -0.384. The molecule has 0 aliphatic rings. The summed E-state index contributed by atoms with van der Waals surface area (Å²) < 4.78 is 28.0. The van der Waals surface area contributed by atoms with Gasteiger partial charge in [-0.1, -0.05) is 11.6 Å². The molecule has 0 heterocycles. The number of rotatable bonds is 4. The summed E-state index contributed by atoms with van der Waals surface area (Å²) in [7, 11) is 0. The number of hydrogen-bond acceptors (Lipinski definition) is 4. The fraction of sp³-hybridized carbons (Fsp3) is 0.222.